The molecule has 2 amide bonds. The van der Waals surface area contributed by atoms with E-state index >= 15 is 0 Å². The zero-order valence-corrected chi connectivity index (χ0v) is 14.8. The molecule has 1 fully saturated rings. The summed E-state index contributed by atoms with van der Waals surface area (Å²) in [6.07, 6.45) is 1.55. The monoisotopic (exact) mass is 354 g/mol. The number of carbonyl (C=O) groups is 2. The molecule has 0 aromatic heterocycles. The Hall–Kier alpha value is -2.69. The molecule has 5 heteroatoms. The third kappa shape index (κ3) is 4.28. The second-order valence-electron chi connectivity index (χ2n) is 6.74. The molecule has 2 atom stereocenters. The molecular weight excluding hydrogens is 331 g/mol. The summed E-state index contributed by atoms with van der Waals surface area (Å²) >= 11 is 0. The molecule has 136 valence electrons. The summed E-state index contributed by atoms with van der Waals surface area (Å²) in [5.41, 5.74) is 1.50. The first-order valence-electron chi connectivity index (χ1n) is 8.95. The number of halogens is 1. The number of piperidine rings is 1. The zero-order chi connectivity index (χ0) is 18.5. The molecule has 0 radical (unpaired) electrons. The highest BCUT2D eigenvalue weighted by atomic mass is 19.1. The average molecular weight is 354 g/mol. The molecule has 1 heterocycles. The van der Waals surface area contributed by atoms with E-state index in [0.29, 0.717) is 18.7 Å². The number of likely N-dealkylation sites (tertiary alicyclic amines) is 1. The summed E-state index contributed by atoms with van der Waals surface area (Å²) in [5.74, 6) is -0.775. The van der Waals surface area contributed by atoms with E-state index in [1.807, 2.05) is 37.3 Å². The second-order valence-corrected chi connectivity index (χ2v) is 6.74. The van der Waals surface area contributed by atoms with E-state index in [1.54, 1.807) is 4.90 Å². The fraction of sp³-hybridized carbons (Fsp3) is 0.333. The largest absolute Gasteiger partial charge is 0.349 e. The molecule has 0 bridgehead atoms. The molecule has 26 heavy (non-hydrogen) atoms. The number of hydrogen-bond donors (Lipinski definition) is 1. The molecule has 0 saturated carbocycles. The lowest BCUT2D eigenvalue weighted by Crippen LogP contribution is -2.45. The van der Waals surface area contributed by atoms with Gasteiger partial charge in [-0.1, -0.05) is 30.3 Å². The van der Waals surface area contributed by atoms with Crippen molar-refractivity contribution in [2.45, 2.75) is 25.8 Å². The van der Waals surface area contributed by atoms with Gasteiger partial charge in [-0.05, 0) is 49.6 Å². The molecule has 2 unspecified atom stereocenters. The van der Waals surface area contributed by atoms with Crippen molar-refractivity contribution in [1.82, 2.24) is 10.2 Å². The van der Waals surface area contributed by atoms with Crippen molar-refractivity contribution in [3.8, 4) is 0 Å². The van der Waals surface area contributed by atoms with Crippen molar-refractivity contribution >= 4 is 11.8 Å². The van der Waals surface area contributed by atoms with Crippen LogP contribution in [0.2, 0.25) is 0 Å². The number of nitrogens with zero attached hydrogens (tertiary/aromatic N) is 1. The van der Waals surface area contributed by atoms with Gasteiger partial charge >= 0.3 is 0 Å². The van der Waals surface area contributed by atoms with Crippen molar-refractivity contribution < 1.29 is 14.0 Å². The van der Waals surface area contributed by atoms with Crippen LogP contribution in [0, 0.1) is 11.7 Å². The maximum absolute atomic E-state index is 13.0. The van der Waals surface area contributed by atoms with Crippen LogP contribution < -0.4 is 5.32 Å². The Morgan fingerprint density at radius 3 is 2.50 bits per heavy atom. The number of carbonyl (C=O) groups excluding carboxylic acids is 2. The first kappa shape index (κ1) is 18.1. The molecule has 4 nitrogen and oxygen atoms in total. The number of rotatable bonds is 4. The maximum Gasteiger partial charge on any atom is 0.253 e. The van der Waals surface area contributed by atoms with Crippen LogP contribution in [0.4, 0.5) is 4.39 Å². The minimum absolute atomic E-state index is 0.0297. The van der Waals surface area contributed by atoms with Crippen LogP contribution in [-0.2, 0) is 4.79 Å². The van der Waals surface area contributed by atoms with E-state index in [-0.39, 0.29) is 29.6 Å². The maximum atomic E-state index is 13.0. The van der Waals surface area contributed by atoms with Gasteiger partial charge in [0.05, 0.1) is 12.0 Å². The highest BCUT2D eigenvalue weighted by Gasteiger charge is 2.29. The van der Waals surface area contributed by atoms with E-state index in [9.17, 15) is 14.0 Å². The van der Waals surface area contributed by atoms with Gasteiger partial charge in [-0.2, -0.15) is 0 Å². The predicted molar refractivity (Wildman–Crippen MR) is 98.0 cm³/mol. The van der Waals surface area contributed by atoms with E-state index < -0.39 is 0 Å². The van der Waals surface area contributed by atoms with Crippen molar-refractivity contribution in [2.24, 2.45) is 5.92 Å². The highest BCUT2D eigenvalue weighted by Crippen LogP contribution is 2.21. The van der Waals surface area contributed by atoms with Gasteiger partial charge in [0.2, 0.25) is 5.91 Å². The van der Waals surface area contributed by atoms with E-state index in [4.69, 9.17) is 0 Å². The standard InChI is InChI=1S/C21H23FN2O2/c1-15(16-6-3-2-4-7-16)23-20(25)18-8-5-13-24(14-18)21(26)17-9-11-19(22)12-10-17/h2-4,6-7,9-12,15,18H,5,8,13-14H2,1H3,(H,23,25). The van der Waals surface area contributed by atoms with Crippen molar-refractivity contribution in [1.29, 1.82) is 0 Å². The van der Waals surface area contributed by atoms with Crippen molar-refractivity contribution in [3.05, 3.63) is 71.5 Å². The van der Waals surface area contributed by atoms with E-state index in [1.165, 1.54) is 24.3 Å². The summed E-state index contributed by atoms with van der Waals surface area (Å²) in [6.45, 7) is 2.97. The second kappa shape index (κ2) is 8.13. The lowest BCUT2D eigenvalue weighted by Gasteiger charge is -2.32. The average Bonchev–Trinajstić information content (AvgIpc) is 2.68. The Morgan fingerprint density at radius 1 is 1.12 bits per heavy atom. The molecule has 1 aliphatic heterocycles. The Bertz CT molecular complexity index is 761. The molecule has 1 N–H and O–H groups in total. The van der Waals surface area contributed by atoms with Crippen LogP contribution in [0.1, 0.15) is 41.7 Å². The molecule has 2 aromatic carbocycles. The Kier molecular flexibility index (Phi) is 5.66. The van der Waals surface area contributed by atoms with Gasteiger partial charge in [-0.15, -0.1) is 0 Å². The number of benzene rings is 2. The Morgan fingerprint density at radius 2 is 1.81 bits per heavy atom. The smallest absolute Gasteiger partial charge is 0.253 e. The van der Waals surface area contributed by atoms with Gasteiger partial charge in [0.15, 0.2) is 0 Å². The van der Waals surface area contributed by atoms with Gasteiger partial charge in [0, 0.05) is 18.7 Å². The van der Waals surface area contributed by atoms with Gasteiger partial charge in [0.1, 0.15) is 5.82 Å². The van der Waals surface area contributed by atoms with Crippen LogP contribution in [0.3, 0.4) is 0 Å². The van der Waals surface area contributed by atoms with Gasteiger partial charge in [0.25, 0.3) is 5.91 Å². The Balaban J connectivity index is 1.61. The minimum atomic E-state index is -0.368. The summed E-state index contributed by atoms with van der Waals surface area (Å²) in [5, 5.41) is 3.05. The van der Waals surface area contributed by atoms with Crippen LogP contribution >= 0.6 is 0 Å². The predicted octanol–water partition coefficient (Wildman–Crippen LogP) is 3.56. The summed E-state index contributed by atoms with van der Waals surface area (Å²) in [7, 11) is 0. The third-order valence-electron chi connectivity index (χ3n) is 4.83. The highest BCUT2D eigenvalue weighted by molar-refractivity contribution is 5.94. The SMILES string of the molecule is CC(NC(=O)C1CCCN(C(=O)c2ccc(F)cc2)C1)c1ccccc1. The summed E-state index contributed by atoms with van der Waals surface area (Å²) < 4.78 is 13.0. The molecule has 2 aromatic rings. The number of hydrogen-bond acceptors (Lipinski definition) is 2. The summed E-state index contributed by atoms with van der Waals surface area (Å²) in [4.78, 5) is 26.9. The topological polar surface area (TPSA) is 49.4 Å². The molecule has 1 saturated heterocycles. The zero-order valence-electron chi connectivity index (χ0n) is 14.8. The number of amides is 2. The van der Waals surface area contributed by atoms with Crippen molar-refractivity contribution in [2.75, 3.05) is 13.1 Å². The molecular formula is C21H23FN2O2. The number of nitrogens with one attached hydrogen (secondary N) is 1. The quantitative estimate of drug-likeness (QED) is 0.913. The van der Waals surface area contributed by atoms with E-state index in [0.717, 1.165) is 18.4 Å². The molecule has 0 aliphatic carbocycles. The van der Waals surface area contributed by atoms with Gasteiger partial charge in [-0.25, -0.2) is 4.39 Å². The Labute approximate surface area is 153 Å². The fourth-order valence-electron chi connectivity index (χ4n) is 3.31. The van der Waals surface area contributed by atoms with Crippen LogP contribution in [0.25, 0.3) is 0 Å². The lowest BCUT2D eigenvalue weighted by molar-refractivity contribution is -0.127. The minimum Gasteiger partial charge on any atom is -0.349 e. The lowest BCUT2D eigenvalue weighted by atomic mass is 9.95. The molecule has 1 aliphatic rings. The third-order valence-corrected chi connectivity index (χ3v) is 4.83. The first-order chi connectivity index (χ1) is 12.5. The van der Waals surface area contributed by atoms with Crippen LogP contribution in [0.15, 0.2) is 54.6 Å². The first-order valence-corrected chi connectivity index (χ1v) is 8.95. The van der Waals surface area contributed by atoms with Crippen LogP contribution in [-0.4, -0.2) is 29.8 Å². The van der Waals surface area contributed by atoms with Crippen LogP contribution in [0.5, 0.6) is 0 Å². The normalized spacial score (nSPS) is 18.2. The molecule has 3 rings (SSSR count). The molecule has 0 spiro atoms. The van der Waals surface area contributed by atoms with Crippen molar-refractivity contribution in [3.63, 3.8) is 0 Å². The van der Waals surface area contributed by atoms with E-state index in [2.05, 4.69) is 5.32 Å². The van der Waals surface area contributed by atoms with Gasteiger partial charge in [-0.3, -0.25) is 9.59 Å². The van der Waals surface area contributed by atoms with Gasteiger partial charge < -0.3 is 10.2 Å². The fourth-order valence-corrected chi connectivity index (χ4v) is 3.31. The summed E-state index contributed by atoms with van der Waals surface area (Å²) in [6, 6.07) is 15.3.